The first-order chi connectivity index (χ1) is 17.7. The minimum atomic E-state index is -0.881. The Hall–Kier alpha value is -4.26. The number of carbonyl (C=O) groups is 2. The average molecular weight is 502 g/mol. The predicted molar refractivity (Wildman–Crippen MR) is 143 cm³/mol. The molecule has 37 heavy (non-hydrogen) atoms. The zero-order valence-electron chi connectivity index (χ0n) is 21.9. The van der Waals surface area contributed by atoms with Crippen LogP contribution in [-0.4, -0.2) is 37.6 Å². The number of aliphatic hydroxyl groups is 1. The molecule has 1 atom stereocenters. The second-order valence-corrected chi connectivity index (χ2v) is 8.92. The highest BCUT2D eigenvalue weighted by molar-refractivity contribution is 6.51. The van der Waals surface area contributed by atoms with Crippen LogP contribution < -0.4 is 19.1 Å². The summed E-state index contributed by atoms with van der Waals surface area (Å²) < 4.78 is 16.6. The topological polar surface area (TPSA) is 85.3 Å². The summed E-state index contributed by atoms with van der Waals surface area (Å²) in [5.41, 5.74) is 4.27. The van der Waals surface area contributed by atoms with Crippen LogP contribution in [0.2, 0.25) is 0 Å². The molecular weight excluding hydrogens is 470 g/mol. The van der Waals surface area contributed by atoms with Crippen LogP contribution in [0.3, 0.4) is 0 Å². The van der Waals surface area contributed by atoms with Crippen molar-refractivity contribution in [2.75, 3.05) is 25.7 Å². The molecule has 0 bridgehead atoms. The minimum Gasteiger partial charge on any atom is -0.507 e. The zero-order chi connectivity index (χ0) is 26.9. The van der Waals surface area contributed by atoms with Crippen LogP contribution >= 0.6 is 0 Å². The second kappa shape index (κ2) is 10.4. The lowest BCUT2D eigenvalue weighted by atomic mass is 9.94. The van der Waals surface area contributed by atoms with Crippen molar-refractivity contribution in [3.63, 3.8) is 0 Å². The highest BCUT2D eigenvalue weighted by Gasteiger charge is 2.47. The Balaban J connectivity index is 2.00. The third-order valence-corrected chi connectivity index (χ3v) is 6.75. The van der Waals surface area contributed by atoms with E-state index in [0.717, 1.165) is 16.7 Å². The predicted octanol–water partition coefficient (Wildman–Crippen LogP) is 5.65. The molecule has 1 fully saturated rings. The molecule has 3 aromatic rings. The van der Waals surface area contributed by atoms with Crippen molar-refractivity contribution in [1.29, 1.82) is 0 Å². The summed E-state index contributed by atoms with van der Waals surface area (Å²) in [6, 6.07) is 15.1. The van der Waals surface area contributed by atoms with Gasteiger partial charge in [0.05, 0.1) is 32.4 Å². The number of anilines is 1. The highest BCUT2D eigenvalue weighted by atomic mass is 16.5. The number of Topliss-reactive ketones (excluding diaryl/α,β-unsaturated/α-hetero) is 1. The number of rotatable bonds is 7. The maximum Gasteiger partial charge on any atom is 0.300 e. The van der Waals surface area contributed by atoms with Crippen molar-refractivity contribution < 1.29 is 28.9 Å². The number of aryl methyl sites for hydroxylation is 2. The largest absolute Gasteiger partial charge is 0.507 e. The van der Waals surface area contributed by atoms with Crippen LogP contribution in [-0.2, 0) is 9.59 Å². The minimum absolute atomic E-state index is 0.00286. The van der Waals surface area contributed by atoms with E-state index in [1.807, 2.05) is 45.9 Å². The van der Waals surface area contributed by atoms with Crippen molar-refractivity contribution in [3.05, 3.63) is 88.0 Å². The van der Waals surface area contributed by atoms with E-state index in [4.69, 9.17) is 14.2 Å². The van der Waals surface area contributed by atoms with Gasteiger partial charge in [-0.3, -0.25) is 14.5 Å². The van der Waals surface area contributed by atoms with E-state index in [0.29, 0.717) is 40.7 Å². The standard InChI is InChI=1S/C30H31NO6/c1-7-37-25-16-20(11-14-24(25)36-6)27-26(28(32)21-12-13-23(35-5)18(3)15-21)29(33)30(34)31(27)22-10-8-9-17(2)19(22)4/h8-16,27,32H,7H2,1-6H3/b28-26+. The lowest BCUT2D eigenvalue weighted by molar-refractivity contribution is -0.132. The van der Waals surface area contributed by atoms with Crippen LogP contribution in [0.4, 0.5) is 5.69 Å². The summed E-state index contributed by atoms with van der Waals surface area (Å²) in [4.78, 5) is 28.6. The van der Waals surface area contributed by atoms with Gasteiger partial charge in [0.1, 0.15) is 11.5 Å². The first-order valence-electron chi connectivity index (χ1n) is 12.1. The maximum atomic E-state index is 13.6. The van der Waals surface area contributed by atoms with E-state index in [2.05, 4.69) is 0 Å². The Kier molecular flexibility index (Phi) is 7.25. The van der Waals surface area contributed by atoms with Gasteiger partial charge in [0.25, 0.3) is 11.7 Å². The first kappa shape index (κ1) is 25.8. The number of aliphatic hydroxyl groups excluding tert-OH is 1. The van der Waals surface area contributed by atoms with E-state index in [9.17, 15) is 14.7 Å². The van der Waals surface area contributed by atoms with Gasteiger partial charge in [-0.1, -0.05) is 18.2 Å². The number of amides is 1. The number of methoxy groups -OCH3 is 2. The fourth-order valence-corrected chi connectivity index (χ4v) is 4.71. The Morgan fingerprint density at radius 2 is 1.59 bits per heavy atom. The molecule has 1 saturated heterocycles. The van der Waals surface area contributed by atoms with Gasteiger partial charge in [-0.15, -0.1) is 0 Å². The molecule has 3 aromatic carbocycles. The van der Waals surface area contributed by atoms with Gasteiger partial charge in [0.15, 0.2) is 11.5 Å². The molecular formula is C30H31NO6. The number of carbonyl (C=O) groups excluding carboxylic acids is 2. The normalized spacial score (nSPS) is 16.7. The fourth-order valence-electron chi connectivity index (χ4n) is 4.71. The molecule has 1 amide bonds. The molecule has 1 unspecified atom stereocenters. The Bertz CT molecular complexity index is 1410. The lowest BCUT2D eigenvalue weighted by Crippen LogP contribution is -2.30. The van der Waals surface area contributed by atoms with Crippen LogP contribution in [0.25, 0.3) is 5.76 Å². The molecule has 4 rings (SSSR count). The fraction of sp³-hybridized carbons (Fsp3) is 0.267. The van der Waals surface area contributed by atoms with E-state index >= 15 is 0 Å². The first-order valence-corrected chi connectivity index (χ1v) is 12.1. The number of hydrogen-bond donors (Lipinski definition) is 1. The van der Waals surface area contributed by atoms with Gasteiger partial charge in [-0.25, -0.2) is 0 Å². The summed E-state index contributed by atoms with van der Waals surface area (Å²) in [5.74, 6) is -0.0598. The van der Waals surface area contributed by atoms with E-state index < -0.39 is 17.7 Å². The maximum absolute atomic E-state index is 13.6. The molecule has 1 heterocycles. The number of ether oxygens (including phenoxy) is 3. The SMILES string of the molecule is CCOc1cc(C2/C(=C(\O)c3ccc(OC)c(C)c3)C(=O)C(=O)N2c2cccc(C)c2C)ccc1OC. The van der Waals surface area contributed by atoms with E-state index in [-0.39, 0.29) is 11.3 Å². The zero-order valence-corrected chi connectivity index (χ0v) is 21.9. The van der Waals surface area contributed by atoms with Gasteiger partial charge in [0.2, 0.25) is 0 Å². The Morgan fingerprint density at radius 1 is 0.892 bits per heavy atom. The molecule has 7 heteroatoms. The summed E-state index contributed by atoms with van der Waals surface area (Å²) in [5, 5.41) is 11.5. The molecule has 7 nitrogen and oxygen atoms in total. The molecule has 0 aromatic heterocycles. The van der Waals surface area contributed by atoms with Crippen LogP contribution in [0.15, 0.2) is 60.2 Å². The number of hydrogen-bond acceptors (Lipinski definition) is 6. The van der Waals surface area contributed by atoms with Gasteiger partial charge in [-0.05, 0) is 86.3 Å². The van der Waals surface area contributed by atoms with E-state index in [1.165, 1.54) is 4.90 Å². The number of ketones is 1. The molecule has 192 valence electrons. The third-order valence-electron chi connectivity index (χ3n) is 6.75. The van der Waals surface area contributed by atoms with Crippen LogP contribution in [0, 0.1) is 20.8 Å². The van der Waals surface area contributed by atoms with Gasteiger partial charge < -0.3 is 19.3 Å². The van der Waals surface area contributed by atoms with Gasteiger partial charge in [0, 0.05) is 11.3 Å². The monoisotopic (exact) mass is 501 g/mol. The smallest absolute Gasteiger partial charge is 0.300 e. The Morgan fingerprint density at radius 3 is 2.24 bits per heavy atom. The van der Waals surface area contributed by atoms with Crippen molar-refractivity contribution in [2.24, 2.45) is 0 Å². The Labute approximate surface area is 216 Å². The van der Waals surface area contributed by atoms with Crippen molar-refractivity contribution in [2.45, 2.75) is 33.7 Å². The number of nitrogens with zero attached hydrogens (tertiary/aromatic N) is 1. The highest BCUT2D eigenvalue weighted by Crippen LogP contribution is 2.45. The molecule has 0 aliphatic carbocycles. The second-order valence-electron chi connectivity index (χ2n) is 8.92. The summed E-state index contributed by atoms with van der Waals surface area (Å²) in [6.07, 6.45) is 0. The molecule has 0 saturated carbocycles. The summed E-state index contributed by atoms with van der Waals surface area (Å²) >= 11 is 0. The molecule has 0 spiro atoms. The molecule has 0 radical (unpaired) electrons. The molecule has 1 aliphatic rings. The van der Waals surface area contributed by atoms with Crippen LogP contribution in [0.1, 0.15) is 40.8 Å². The molecule has 1 N–H and O–H groups in total. The summed E-state index contributed by atoms with van der Waals surface area (Å²) in [7, 11) is 3.11. The van der Waals surface area contributed by atoms with Gasteiger partial charge >= 0.3 is 0 Å². The van der Waals surface area contributed by atoms with Crippen LogP contribution in [0.5, 0.6) is 17.2 Å². The third kappa shape index (κ3) is 4.53. The quantitative estimate of drug-likeness (QED) is 0.256. The van der Waals surface area contributed by atoms with Crippen molar-refractivity contribution in [1.82, 2.24) is 0 Å². The average Bonchev–Trinajstić information content (AvgIpc) is 3.15. The summed E-state index contributed by atoms with van der Waals surface area (Å²) in [6.45, 7) is 7.97. The van der Waals surface area contributed by atoms with Crippen molar-refractivity contribution in [3.8, 4) is 17.2 Å². The lowest BCUT2D eigenvalue weighted by Gasteiger charge is -2.28. The van der Waals surface area contributed by atoms with Crippen molar-refractivity contribution >= 4 is 23.1 Å². The van der Waals surface area contributed by atoms with Gasteiger partial charge in [-0.2, -0.15) is 0 Å². The van der Waals surface area contributed by atoms with E-state index in [1.54, 1.807) is 50.6 Å². The molecule has 1 aliphatic heterocycles. The number of benzene rings is 3.